The maximum atomic E-state index is 13.0. The molecule has 162 valence electrons. The number of nitrogens with one attached hydrogen (secondary N) is 1. The molecule has 2 aliphatic heterocycles. The van der Waals surface area contributed by atoms with Crippen molar-refractivity contribution in [3.8, 4) is 0 Å². The average molecular weight is 423 g/mol. The van der Waals surface area contributed by atoms with Crippen molar-refractivity contribution < 1.29 is 24.3 Å². The van der Waals surface area contributed by atoms with E-state index in [1.807, 2.05) is 25.1 Å². The van der Waals surface area contributed by atoms with Crippen LogP contribution in [0, 0.1) is 6.92 Å². The number of Topliss-reactive ketones (excluding diaryl/α,β-unsaturated/α-hetero) is 1. The third-order valence-electron chi connectivity index (χ3n) is 5.96. The first-order valence-corrected chi connectivity index (χ1v) is 10.7. The van der Waals surface area contributed by atoms with Gasteiger partial charge in [-0.25, -0.2) is 0 Å². The summed E-state index contributed by atoms with van der Waals surface area (Å²) in [6.07, 6.45) is 2.40. The van der Waals surface area contributed by atoms with E-state index in [0.29, 0.717) is 17.8 Å². The molecular weight excluding hydrogens is 394 g/mol. The average Bonchev–Trinajstić information content (AvgIpc) is 3.05. The molecular formula is C24H28N3O4+. The number of aliphatic hydroxyl groups is 1. The molecule has 0 spiro atoms. The van der Waals surface area contributed by atoms with E-state index in [1.165, 1.54) is 4.90 Å². The molecule has 1 aromatic heterocycles. The Bertz CT molecular complexity index is 966. The number of ketones is 1. The monoisotopic (exact) mass is 422 g/mol. The number of pyridine rings is 1. The zero-order valence-electron chi connectivity index (χ0n) is 17.7. The van der Waals surface area contributed by atoms with Crippen molar-refractivity contribution in [2.75, 3.05) is 39.4 Å². The number of carbonyl (C=O) groups excluding carboxylic acids is 2. The Morgan fingerprint density at radius 1 is 1.16 bits per heavy atom. The van der Waals surface area contributed by atoms with E-state index in [1.54, 1.807) is 35.4 Å². The number of ether oxygens (including phenoxy) is 1. The molecule has 2 saturated heterocycles. The molecule has 2 fully saturated rings. The van der Waals surface area contributed by atoms with Crippen LogP contribution in [0.15, 0.2) is 54.2 Å². The molecule has 1 aromatic carbocycles. The Balaban J connectivity index is 1.64. The number of hydrogen-bond donors (Lipinski definition) is 2. The Hall–Kier alpha value is -3.03. The van der Waals surface area contributed by atoms with E-state index in [0.717, 1.165) is 44.8 Å². The number of benzene rings is 1. The fourth-order valence-electron chi connectivity index (χ4n) is 4.23. The summed E-state index contributed by atoms with van der Waals surface area (Å²) in [6.45, 7) is 6.70. The van der Waals surface area contributed by atoms with E-state index in [-0.39, 0.29) is 11.3 Å². The number of nitrogens with zero attached hydrogens (tertiary/aromatic N) is 2. The number of carbonyl (C=O) groups is 2. The first-order valence-electron chi connectivity index (χ1n) is 10.7. The summed E-state index contributed by atoms with van der Waals surface area (Å²) in [6, 6.07) is 12.0. The Morgan fingerprint density at radius 2 is 1.90 bits per heavy atom. The Labute approximate surface area is 182 Å². The van der Waals surface area contributed by atoms with Crippen molar-refractivity contribution in [3.05, 3.63) is 71.1 Å². The molecule has 1 unspecified atom stereocenters. The maximum absolute atomic E-state index is 13.0. The van der Waals surface area contributed by atoms with Gasteiger partial charge in [0.05, 0.1) is 31.0 Å². The van der Waals surface area contributed by atoms with Gasteiger partial charge >= 0.3 is 0 Å². The van der Waals surface area contributed by atoms with E-state index in [2.05, 4.69) is 4.98 Å². The van der Waals surface area contributed by atoms with Gasteiger partial charge in [0.1, 0.15) is 24.9 Å². The molecule has 1 amide bonds. The molecule has 2 aliphatic rings. The minimum atomic E-state index is -0.692. The Kier molecular flexibility index (Phi) is 6.44. The van der Waals surface area contributed by atoms with Crippen LogP contribution in [-0.2, 0) is 14.3 Å². The van der Waals surface area contributed by atoms with Gasteiger partial charge in [0.15, 0.2) is 0 Å². The molecule has 4 rings (SSSR count). The highest BCUT2D eigenvalue weighted by Gasteiger charge is 2.46. The van der Waals surface area contributed by atoms with Gasteiger partial charge in [0, 0.05) is 24.7 Å². The number of quaternary nitrogens is 1. The number of likely N-dealkylation sites (tertiary alicyclic amines) is 1. The van der Waals surface area contributed by atoms with Crippen molar-refractivity contribution in [2.24, 2.45) is 0 Å². The van der Waals surface area contributed by atoms with Crippen molar-refractivity contribution in [1.29, 1.82) is 0 Å². The van der Waals surface area contributed by atoms with E-state index < -0.39 is 17.7 Å². The fraction of sp³-hybridized carbons (Fsp3) is 0.375. The molecule has 1 atom stereocenters. The summed E-state index contributed by atoms with van der Waals surface area (Å²) in [5.74, 6) is -1.40. The highest BCUT2D eigenvalue weighted by atomic mass is 16.5. The highest BCUT2D eigenvalue weighted by Crippen LogP contribution is 2.38. The second kappa shape index (κ2) is 9.41. The number of aromatic nitrogens is 1. The van der Waals surface area contributed by atoms with Crippen LogP contribution in [0.4, 0.5) is 0 Å². The number of amides is 1. The van der Waals surface area contributed by atoms with Crippen LogP contribution in [0.25, 0.3) is 5.76 Å². The SMILES string of the molecule is Cc1ccc(C(O)=C2C(=O)C(=O)N(CCC[NH+]3CCOCC3)C2c2ccccn2)cc1. The zero-order chi connectivity index (χ0) is 21.8. The van der Waals surface area contributed by atoms with Crippen LogP contribution in [0.2, 0.25) is 0 Å². The van der Waals surface area contributed by atoms with Gasteiger partial charge < -0.3 is 19.6 Å². The van der Waals surface area contributed by atoms with Gasteiger partial charge in [-0.2, -0.15) is 0 Å². The predicted molar refractivity (Wildman–Crippen MR) is 115 cm³/mol. The van der Waals surface area contributed by atoms with Crippen molar-refractivity contribution in [1.82, 2.24) is 9.88 Å². The van der Waals surface area contributed by atoms with Gasteiger partial charge in [-0.15, -0.1) is 0 Å². The van der Waals surface area contributed by atoms with E-state index in [9.17, 15) is 14.7 Å². The summed E-state index contributed by atoms with van der Waals surface area (Å²) in [4.78, 5) is 33.3. The lowest BCUT2D eigenvalue weighted by Crippen LogP contribution is -3.14. The first-order chi connectivity index (χ1) is 15.1. The summed E-state index contributed by atoms with van der Waals surface area (Å²) in [5.41, 5.74) is 2.24. The molecule has 2 aromatic rings. The lowest BCUT2D eigenvalue weighted by molar-refractivity contribution is -0.908. The number of aryl methyl sites for hydroxylation is 1. The molecule has 7 heteroatoms. The number of hydrogen-bond acceptors (Lipinski definition) is 5. The van der Waals surface area contributed by atoms with E-state index >= 15 is 0 Å². The van der Waals surface area contributed by atoms with Crippen molar-refractivity contribution >= 4 is 17.4 Å². The third-order valence-corrected chi connectivity index (χ3v) is 5.96. The smallest absolute Gasteiger partial charge is 0.295 e. The Morgan fingerprint density at radius 3 is 2.58 bits per heavy atom. The molecule has 0 radical (unpaired) electrons. The normalized spacial score (nSPS) is 21.6. The molecule has 31 heavy (non-hydrogen) atoms. The minimum absolute atomic E-state index is 0.103. The third kappa shape index (κ3) is 4.52. The van der Waals surface area contributed by atoms with Crippen molar-refractivity contribution in [3.63, 3.8) is 0 Å². The van der Waals surface area contributed by atoms with Crippen LogP contribution in [0.1, 0.15) is 29.3 Å². The molecule has 0 saturated carbocycles. The van der Waals surface area contributed by atoms with Crippen LogP contribution < -0.4 is 4.90 Å². The van der Waals surface area contributed by atoms with E-state index in [4.69, 9.17) is 4.74 Å². The van der Waals surface area contributed by atoms with Crippen LogP contribution >= 0.6 is 0 Å². The zero-order valence-corrected chi connectivity index (χ0v) is 17.7. The van der Waals surface area contributed by atoms with Crippen LogP contribution in [0.3, 0.4) is 0 Å². The molecule has 3 heterocycles. The quantitative estimate of drug-likeness (QED) is 0.414. The standard InChI is InChI=1S/C24H27N3O4/c1-17-6-8-18(9-7-17)22(28)20-21(19-5-2-3-10-25-19)27(24(30)23(20)29)12-4-11-26-13-15-31-16-14-26/h2-3,5-10,21,28H,4,11-16H2,1H3/p+1. The summed E-state index contributed by atoms with van der Waals surface area (Å²) in [7, 11) is 0. The second-order valence-electron chi connectivity index (χ2n) is 8.08. The maximum Gasteiger partial charge on any atom is 0.295 e. The number of aliphatic hydroxyl groups excluding tert-OH is 1. The molecule has 0 bridgehead atoms. The lowest BCUT2D eigenvalue weighted by Gasteiger charge is -2.27. The van der Waals surface area contributed by atoms with Crippen LogP contribution in [-0.4, -0.2) is 66.1 Å². The molecule has 7 nitrogen and oxygen atoms in total. The summed E-state index contributed by atoms with van der Waals surface area (Å²) in [5, 5.41) is 11.0. The highest BCUT2D eigenvalue weighted by molar-refractivity contribution is 6.46. The predicted octanol–water partition coefficient (Wildman–Crippen LogP) is 1.12. The summed E-state index contributed by atoms with van der Waals surface area (Å²) >= 11 is 0. The van der Waals surface area contributed by atoms with Crippen molar-refractivity contribution in [2.45, 2.75) is 19.4 Å². The molecule has 2 N–H and O–H groups in total. The van der Waals surface area contributed by atoms with Gasteiger partial charge in [-0.1, -0.05) is 35.9 Å². The molecule has 0 aliphatic carbocycles. The first kappa shape index (κ1) is 21.2. The van der Waals surface area contributed by atoms with Gasteiger partial charge in [0.2, 0.25) is 0 Å². The van der Waals surface area contributed by atoms with Gasteiger partial charge in [-0.05, 0) is 19.1 Å². The van der Waals surface area contributed by atoms with Gasteiger partial charge in [0.25, 0.3) is 11.7 Å². The number of rotatable bonds is 6. The topological polar surface area (TPSA) is 84.2 Å². The second-order valence-corrected chi connectivity index (χ2v) is 8.08. The lowest BCUT2D eigenvalue weighted by atomic mass is 9.98. The number of morpholine rings is 1. The van der Waals surface area contributed by atoms with Crippen LogP contribution in [0.5, 0.6) is 0 Å². The summed E-state index contributed by atoms with van der Waals surface area (Å²) < 4.78 is 5.40. The fourth-order valence-corrected chi connectivity index (χ4v) is 4.23. The minimum Gasteiger partial charge on any atom is -0.507 e. The van der Waals surface area contributed by atoms with Gasteiger partial charge in [-0.3, -0.25) is 14.6 Å². The largest absolute Gasteiger partial charge is 0.507 e.